The molecule has 18 heavy (non-hydrogen) atoms. The molecule has 0 aliphatic heterocycles. The van der Waals surface area contributed by atoms with Crippen molar-refractivity contribution in [1.29, 1.82) is 0 Å². The zero-order valence-electron chi connectivity index (χ0n) is 9.64. The summed E-state index contributed by atoms with van der Waals surface area (Å²) in [6, 6.07) is 3.99. The Morgan fingerprint density at radius 3 is 2.94 bits per heavy atom. The van der Waals surface area contributed by atoms with Crippen LogP contribution < -0.4 is 4.90 Å². The van der Waals surface area contributed by atoms with Crippen molar-refractivity contribution in [3.05, 3.63) is 46.8 Å². The highest BCUT2D eigenvalue weighted by Crippen LogP contribution is 2.33. The summed E-state index contributed by atoms with van der Waals surface area (Å²) in [5.41, 5.74) is 1.91. The first-order valence-corrected chi connectivity index (χ1v) is 6.62. The first-order valence-electron chi connectivity index (χ1n) is 5.83. The molecule has 0 unspecified atom stereocenters. The molecule has 1 saturated carbocycles. The van der Waals surface area contributed by atoms with Crippen molar-refractivity contribution in [1.82, 2.24) is 4.98 Å². The molecular weight excluding hydrogens is 299 g/mol. The van der Waals surface area contributed by atoms with Crippen LogP contribution in [-0.2, 0) is 6.54 Å². The molecule has 1 aliphatic carbocycles. The molecule has 2 heterocycles. The number of hydrogen-bond donors (Lipinski definition) is 0. The number of furan rings is 1. The minimum Gasteiger partial charge on any atom is -0.470 e. The fourth-order valence-corrected chi connectivity index (χ4v) is 2.20. The van der Waals surface area contributed by atoms with E-state index in [0.29, 0.717) is 12.6 Å². The van der Waals surface area contributed by atoms with Crippen LogP contribution in [-0.4, -0.2) is 11.0 Å². The van der Waals surface area contributed by atoms with E-state index in [1.807, 2.05) is 6.07 Å². The van der Waals surface area contributed by atoms with E-state index in [2.05, 4.69) is 25.8 Å². The Morgan fingerprint density at radius 2 is 2.33 bits per heavy atom. The average Bonchev–Trinajstić information content (AvgIpc) is 3.05. The van der Waals surface area contributed by atoms with Crippen LogP contribution in [0.5, 0.6) is 0 Å². The van der Waals surface area contributed by atoms with Gasteiger partial charge in [-0.05, 0) is 46.5 Å². The highest BCUT2D eigenvalue weighted by Gasteiger charge is 2.29. The molecule has 0 amide bonds. The van der Waals surface area contributed by atoms with E-state index in [0.717, 1.165) is 11.3 Å². The second-order valence-corrected chi connectivity index (χ2v) is 5.21. The smallest absolute Gasteiger partial charge is 0.156 e. The predicted molar refractivity (Wildman–Crippen MR) is 69.8 cm³/mol. The maximum atomic E-state index is 13.4. The number of pyridine rings is 1. The maximum Gasteiger partial charge on any atom is 0.156 e. The molecule has 1 aliphatic rings. The van der Waals surface area contributed by atoms with Crippen molar-refractivity contribution in [2.75, 3.05) is 4.90 Å². The Bertz CT molecular complexity index is 540. The topological polar surface area (TPSA) is 29.3 Å². The van der Waals surface area contributed by atoms with E-state index in [1.165, 1.54) is 18.9 Å². The quantitative estimate of drug-likeness (QED) is 0.806. The molecule has 3 nitrogen and oxygen atoms in total. The lowest BCUT2D eigenvalue weighted by Crippen LogP contribution is -2.24. The zero-order valence-corrected chi connectivity index (χ0v) is 11.2. The van der Waals surface area contributed by atoms with Crippen molar-refractivity contribution in [3.8, 4) is 0 Å². The second-order valence-electron chi connectivity index (χ2n) is 4.46. The fraction of sp³-hybridized carbons (Fsp3) is 0.308. The molecular formula is C13H12BrFN2O. The lowest BCUT2D eigenvalue weighted by Gasteiger charge is -2.22. The maximum absolute atomic E-state index is 13.4. The normalized spacial score (nSPS) is 14.8. The van der Waals surface area contributed by atoms with Gasteiger partial charge in [0.25, 0.3) is 0 Å². The van der Waals surface area contributed by atoms with Crippen LogP contribution in [0.15, 0.2) is 39.9 Å². The van der Waals surface area contributed by atoms with Crippen molar-refractivity contribution in [2.45, 2.75) is 25.4 Å². The Hall–Kier alpha value is -1.36. The van der Waals surface area contributed by atoms with Crippen LogP contribution in [0.1, 0.15) is 18.4 Å². The fourth-order valence-electron chi connectivity index (χ4n) is 1.98. The molecule has 2 aromatic rings. The van der Waals surface area contributed by atoms with E-state index in [4.69, 9.17) is 4.42 Å². The van der Waals surface area contributed by atoms with E-state index >= 15 is 0 Å². The van der Waals surface area contributed by atoms with Crippen molar-refractivity contribution >= 4 is 21.6 Å². The van der Waals surface area contributed by atoms with Gasteiger partial charge in [0.1, 0.15) is 10.9 Å². The summed E-state index contributed by atoms with van der Waals surface area (Å²) in [4.78, 5) is 6.21. The second kappa shape index (κ2) is 4.72. The Balaban J connectivity index is 1.82. The molecule has 0 aromatic carbocycles. The van der Waals surface area contributed by atoms with Gasteiger partial charge in [0.05, 0.1) is 12.0 Å². The average molecular weight is 311 g/mol. The standard InChI is InChI=1S/C13H12BrFN2O/c14-13-12(15)5-9(6-16-13)7-17(10-1-2-10)11-3-4-18-8-11/h3-6,8,10H,1-2,7H2. The molecule has 0 radical (unpaired) electrons. The van der Waals surface area contributed by atoms with Crippen LogP contribution in [0.25, 0.3) is 0 Å². The van der Waals surface area contributed by atoms with Crippen LogP contribution in [0.3, 0.4) is 0 Å². The summed E-state index contributed by atoms with van der Waals surface area (Å²) in [6.07, 6.45) is 7.43. The molecule has 0 spiro atoms. The minimum atomic E-state index is -0.324. The van der Waals surface area contributed by atoms with Gasteiger partial charge in [0.15, 0.2) is 5.82 Å². The van der Waals surface area contributed by atoms with Gasteiger partial charge in [0, 0.05) is 18.8 Å². The third-order valence-corrected chi connectivity index (χ3v) is 3.61. The van der Waals surface area contributed by atoms with Crippen molar-refractivity contribution in [2.24, 2.45) is 0 Å². The lowest BCUT2D eigenvalue weighted by atomic mass is 10.2. The van der Waals surface area contributed by atoms with Gasteiger partial charge in [0.2, 0.25) is 0 Å². The highest BCUT2D eigenvalue weighted by atomic mass is 79.9. The van der Waals surface area contributed by atoms with Crippen LogP contribution >= 0.6 is 15.9 Å². The number of halogens is 2. The first-order chi connectivity index (χ1) is 8.74. The number of anilines is 1. The predicted octanol–water partition coefficient (Wildman–Crippen LogP) is 3.75. The number of rotatable bonds is 4. The van der Waals surface area contributed by atoms with E-state index in [9.17, 15) is 4.39 Å². The van der Waals surface area contributed by atoms with Gasteiger partial charge in [-0.1, -0.05) is 0 Å². The molecule has 3 rings (SSSR count). The van der Waals surface area contributed by atoms with Gasteiger partial charge < -0.3 is 9.32 Å². The summed E-state index contributed by atoms with van der Waals surface area (Å²) in [6.45, 7) is 0.654. The molecule has 0 saturated heterocycles. The Labute approximate surface area is 113 Å². The Kier molecular flexibility index (Phi) is 3.07. The first kappa shape index (κ1) is 11.7. The van der Waals surface area contributed by atoms with Crippen LogP contribution in [0.4, 0.5) is 10.1 Å². The summed E-state index contributed by atoms with van der Waals surface area (Å²) >= 11 is 3.06. The molecule has 5 heteroatoms. The highest BCUT2D eigenvalue weighted by molar-refractivity contribution is 9.10. The minimum absolute atomic E-state index is 0.257. The van der Waals surface area contributed by atoms with E-state index < -0.39 is 0 Å². The molecule has 0 N–H and O–H groups in total. The molecule has 1 fully saturated rings. The third-order valence-electron chi connectivity index (χ3n) is 3.03. The third kappa shape index (κ3) is 2.41. The summed E-state index contributed by atoms with van der Waals surface area (Å²) in [5.74, 6) is -0.324. The number of aromatic nitrogens is 1. The van der Waals surface area contributed by atoms with Crippen LogP contribution in [0, 0.1) is 5.82 Å². The van der Waals surface area contributed by atoms with Gasteiger partial charge in [-0.2, -0.15) is 0 Å². The Morgan fingerprint density at radius 1 is 1.50 bits per heavy atom. The van der Waals surface area contributed by atoms with Crippen molar-refractivity contribution < 1.29 is 8.81 Å². The summed E-state index contributed by atoms with van der Waals surface area (Å²) in [7, 11) is 0. The molecule has 0 atom stereocenters. The monoisotopic (exact) mass is 310 g/mol. The van der Waals surface area contributed by atoms with Gasteiger partial charge in [-0.25, -0.2) is 9.37 Å². The lowest BCUT2D eigenvalue weighted by molar-refractivity contribution is 0.565. The molecule has 2 aromatic heterocycles. The number of hydrogen-bond acceptors (Lipinski definition) is 3. The molecule has 94 valence electrons. The van der Waals surface area contributed by atoms with E-state index in [1.54, 1.807) is 18.7 Å². The van der Waals surface area contributed by atoms with Crippen molar-refractivity contribution in [3.63, 3.8) is 0 Å². The summed E-state index contributed by atoms with van der Waals surface area (Å²) in [5, 5.41) is 0. The molecule has 0 bridgehead atoms. The van der Waals surface area contributed by atoms with Gasteiger partial charge in [-0.15, -0.1) is 0 Å². The summed E-state index contributed by atoms with van der Waals surface area (Å²) < 4.78 is 18.8. The largest absolute Gasteiger partial charge is 0.470 e. The number of nitrogens with zero attached hydrogens (tertiary/aromatic N) is 2. The van der Waals surface area contributed by atoms with Gasteiger partial charge >= 0.3 is 0 Å². The van der Waals surface area contributed by atoms with E-state index in [-0.39, 0.29) is 10.4 Å². The van der Waals surface area contributed by atoms with Gasteiger partial charge in [-0.3, -0.25) is 0 Å². The SMILES string of the molecule is Fc1cc(CN(c2ccoc2)C2CC2)cnc1Br. The van der Waals surface area contributed by atoms with Crippen LogP contribution in [0.2, 0.25) is 0 Å². The zero-order chi connectivity index (χ0) is 12.5.